The maximum absolute atomic E-state index is 10.2. The van der Waals surface area contributed by atoms with E-state index in [-0.39, 0.29) is 0 Å². The van der Waals surface area contributed by atoms with E-state index in [1.807, 2.05) is 18.2 Å². The number of phenols is 1. The van der Waals surface area contributed by atoms with Gasteiger partial charge < -0.3 is 5.11 Å². The number of halogens is 1. The maximum Gasteiger partial charge on any atom is 0.120 e. The summed E-state index contributed by atoms with van der Waals surface area (Å²) in [4.78, 5) is 2.39. The van der Waals surface area contributed by atoms with Gasteiger partial charge in [0.15, 0.2) is 0 Å². The molecule has 0 aliphatic heterocycles. The summed E-state index contributed by atoms with van der Waals surface area (Å²) in [6, 6.07) is 10.7. The summed E-state index contributed by atoms with van der Waals surface area (Å²) >= 11 is 3.51. The van der Waals surface area contributed by atoms with Crippen molar-refractivity contribution in [3.8, 4) is 5.75 Å². The second kappa shape index (κ2) is 5.74. The highest BCUT2D eigenvalue weighted by Gasteiger charge is 2.21. The third-order valence-corrected chi connectivity index (χ3v) is 4.92. The fraction of sp³-hybridized carbons (Fsp3) is 0.412. The Morgan fingerprint density at radius 1 is 1.20 bits per heavy atom. The van der Waals surface area contributed by atoms with Gasteiger partial charge in [0.1, 0.15) is 5.75 Å². The third kappa shape index (κ3) is 2.70. The molecule has 0 aromatic heterocycles. The molecule has 0 saturated heterocycles. The molecule has 2 aromatic carbocycles. The van der Waals surface area contributed by atoms with E-state index >= 15 is 0 Å². The Kier molecular flexibility index (Phi) is 3.99. The van der Waals surface area contributed by atoms with Crippen molar-refractivity contribution in [3.63, 3.8) is 0 Å². The Bertz CT molecular complexity index is 620. The Labute approximate surface area is 128 Å². The first-order valence-corrected chi connectivity index (χ1v) is 8.05. The van der Waals surface area contributed by atoms with E-state index in [1.165, 1.54) is 31.1 Å². The average molecular weight is 334 g/mol. The van der Waals surface area contributed by atoms with E-state index in [4.69, 9.17) is 0 Å². The molecule has 0 atom stereocenters. The van der Waals surface area contributed by atoms with Crippen LogP contribution in [0.25, 0.3) is 10.8 Å². The number of rotatable bonds is 3. The smallest absolute Gasteiger partial charge is 0.120 e. The number of nitrogens with zero attached hydrogens (tertiary/aromatic N) is 1. The second-order valence-electron chi connectivity index (χ2n) is 5.78. The molecule has 1 aliphatic carbocycles. The van der Waals surface area contributed by atoms with Crippen LogP contribution in [0.15, 0.2) is 34.8 Å². The van der Waals surface area contributed by atoms with Gasteiger partial charge in [-0.25, -0.2) is 0 Å². The van der Waals surface area contributed by atoms with Gasteiger partial charge in [-0.15, -0.1) is 0 Å². The number of fused-ring (bicyclic) bond motifs is 1. The average Bonchev–Trinajstić information content (AvgIpc) is 2.96. The Hall–Kier alpha value is -1.06. The number of aromatic hydroxyl groups is 1. The first kappa shape index (κ1) is 13.9. The summed E-state index contributed by atoms with van der Waals surface area (Å²) in [6.07, 6.45) is 5.24. The van der Waals surface area contributed by atoms with Gasteiger partial charge in [0.25, 0.3) is 0 Å². The minimum atomic E-state index is 0.407. The second-order valence-corrected chi connectivity index (χ2v) is 6.70. The topological polar surface area (TPSA) is 23.5 Å². The lowest BCUT2D eigenvalue weighted by atomic mass is 10.0. The van der Waals surface area contributed by atoms with E-state index in [1.54, 1.807) is 0 Å². The Morgan fingerprint density at radius 3 is 2.70 bits per heavy atom. The zero-order valence-corrected chi connectivity index (χ0v) is 13.4. The number of phenolic OH excluding ortho intramolecular Hbond substituents is 1. The van der Waals surface area contributed by atoms with Gasteiger partial charge in [-0.2, -0.15) is 0 Å². The molecule has 2 nitrogen and oxygen atoms in total. The zero-order valence-electron chi connectivity index (χ0n) is 11.8. The van der Waals surface area contributed by atoms with Gasteiger partial charge in [-0.1, -0.05) is 40.9 Å². The van der Waals surface area contributed by atoms with Crippen molar-refractivity contribution in [2.45, 2.75) is 38.3 Å². The molecule has 0 unspecified atom stereocenters. The molecule has 1 aliphatic rings. The monoisotopic (exact) mass is 333 g/mol. The van der Waals surface area contributed by atoms with E-state index in [0.717, 1.165) is 22.0 Å². The van der Waals surface area contributed by atoms with Crippen molar-refractivity contribution >= 4 is 26.7 Å². The van der Waals surface area contributed by atoms with Gasteiger partial charge in [-0.3, -0.25) is 4.90 Å². The first-order valence-electron chi connectivity index (χ1n) is 7.25. The Morgan fingerprint density at radius 2 is 1.95 bits per heavy atom. The standard InChI is InChI=1S/C17H20BrNO/c1-19(14-4-2-3-5-14)11-16-15-8-7-13(18)10-12(15)6-9-17(16)20/h6-10,14,20H,2-5,11H2,1H3. The van der Waals surface area contributed by atoms with E-state index < -0.39 is 0 Å². The summed E-state index contributed by atoms with van der Waals surface area (Å²) in [5.74, 6) is 0.407. The lowest BCUT2D eigenvalue weighted by Crippen LogP contribution is -2.28. The van der Waals surface area contributed by atoms with E-state index in [2.05, 4.69) is 40.0 Å². The normalized spacial score (nSPS) is 16.4. The number of benzene rings is 2. The van der Waals surface area contributed by atoms with Crippen molar-refractivity contribution in [1.29, 1.82) is 0 Å². The molecule has 106 valence electrons. The van der Waals surface area contributed by atoms with Crippen molar-refractivity contribution in [2.75, 3.05) is 7.05 Å². The predicted octanol–water partition coefficient (Wildman–Crippen LogP) is 4.68. The molecule has 0 bridgehead atoms. The zero-order chi connectivity index (χ0) is 14.1. The van der Waals surface area contributed by atoms with Crippen molar-refractivity contribution < 1.29 is 5.11 Å². The quantitative estimate of drug-likeness (QED) is 0.881. The highest BCUT2D eigenvalue weighted by Crippen LogP contribution is 2.32. The molecule has 1 saturated carbocycles. The maximum atomic E-state index is 10.2. The van der Waals surface area contributed by atoms with Gasteiger partial charge in [0, 0.05) is 22.6 Å². The largest absolute Gasteiger partial charge is 0.508 e. The summed E-state index contributed by atoms with van der Waals surface area (Å²) in [5, 5.41) is 12.6. The Balaban J connectivity index is 1.95. The van der Waals surface area contributed by atoms with Crippen LogP contribution >= 0.6 is 15.9 Å². The molecule has 1 fully saturated rings. The molecule has 1 N–H and O–H groups in total. The third-order valence-electron chi connectivity index (χ3n) is 4.42. The fourth-order valence-corrected chi connectivity index (χ4v) is 3.62. The fourth-order valence-electron chi connectivity index (χ4n) is 3.24. The van der Waals surface area contributed by atoms with Crippen LogP contribution in [0, 0.1) is 0 Å². The van der Waals surface area contributed by atoms with Gasteiger partial charge in [0.2, 0.25) is 0 Å². The molecule has 0 amide bonds. The molecule has 3 rings (SSSR count). The number of hydrogen-bond donors (Lipinski definition) is 1. The highest BCUT2D eigenvalue weighted by molar-refractivity contribution is 9.10. The van der Waals surface area contributed by atoms with Crippen LogP contribution in [0.5, 0.6) is 5.75 Å². The van der Waals surface area contributed by atoms with Crippen LogP contribution < -0.4 is 0 Å². The lowest BCUT2D eigenvalue weighted by molar-refractivity contribution is 0.235. The minimum Gasteiger partial charge on any atom is -0.508 e. The molecule has 3 heteroatoms. The van der Waals surface area contributed by atoms with Gasteiger partial charge >= 0.3 is 0 Å². The minimum absolute atomic E-state index is 0.407. The van der Waals surface area contributed by atoms with Crippen molar-refractivity contribution in [1.82, 2.24) is 4.90 Å². The van der Waals surface area contributed by atoms with Crippen LogP contribution in [0.1, 0.15) is 31.2 Å². The summed E-state index contributed by atoms with van der Waals surface area (Å²) in [5.41, 5.74) is 1.05. The molecule has 0 spiro atoms. The molecule has 0 radical (unpaired) electrons. The molecule has 20 heavy (non-hydrogen) atoms. The molecule has 0 heterocycles. The summed E-state index contributed by atoms with van der Waals surface area (Å²) in [7, 11) is 2.17. The molecular formula is C17H20BrNO. The highest BCUT2D eigenvalue weighted by atomic mass is 79.9. The van der Waals surface area contributed by atoms with Crippen LogP contribution in [-0.2, 0) is 6.54 Å². The van der Waals surface area contributed by atoms with Crippen LogP contribution in [-0.4, -0.2) is 23.1 Å². The van der Waals surface area contributed by atoms with E-state index in [9.17, 15) is 5.11 Å². The summed E-state index contributed by atoms with van der Waals surface area (Å²) in [6.45, 7) is 0.815. The van der Waals surface area contributed by atoms with Crippen LogP contribution in [0.2, 0.25) is 0 Å². The van der Waals surface area contributed by atoms with Gasteiger partial charge in [0.05, 0.1) is 0 Å². The summed E-state index contributed by atoms with van der Waals surface area (Å²) < 4.78 is 1.07. The predicted molar refractivity (Wildman–Crippen MR) is 87.0 cm³/mol. The van der Waals surface area contributed by atoms with Crippen molar-refractivity contribution in [2.24, 2.45) is 0 Å². The van der Waals surface area contributed by atoms with Gasteiger partial charge in [-0.05, 0) is 48.9 Å². The van der Waals surface area contributed by atoms with Crippen LogP contribution in [0.3, 0.4) is 0 Å². The first-order chi connectivity index (χ1) is 9.65. The van der Waals surface area contributed by atoms with E-state index in [0.29, 0.717) is 11.8 Å². The molecular weight excluding hydrogens is 314 g/mol. The van der Waals surface area contributed by atoms with Crippen LogP contribution in [0.4, 0.5) is 0 Å². The van der Waals surface area contributed by atoms with Crippen molar-refractivity contribution in [3.05, 3.63) is 40.4 Å². The number of hydrogen-bond acceptors (Lipinski definition) is 2. The molecule has 2 aromatic rings. The lowest BCUT2D eigenvalue weighted by Gasteiger charge is -2.25. The SMILES string of the molecule is CN(Cc1c(O)ccc2cc(Br)ccc12)C1CCCC1.